The lowest BCUT2D eigenvalue weighted by Crippen LogP contribution is -2.33. The number of nitrogens with zero attached hydrogens (tertiary/aromatic N) is 1. The van der Waals surface area contributed by atoms with Crippen LogP contribution in [0.25, 0.3) is 0 Å². The molecule has 1 aromatic carbocycles. The van der Waals surface area contributed by atoms with Crippen molar-refractivity contribution in [2.45, 2.75) is 52.2 Å². The molecule has 0 fully saturated rings. The molecule has 146 valence electrons. The third kappa shape index (κ3) is 9.26. The van der Waals surface area contributed by atoms with Crippen LogP contribution >= 0.6 is 0 Å². The van der Waals surface area contributed by atoms with Crippen molar-refractivity contribution in [2.24, 2.45) is 0 Å². The SMILES string of the molecule is C[C@@H](OC(=O)CCCNC(=O)OC(C)(C)C)C(=O)Nc1cccc(C#N)c1. The minimum Gasteiger partial charge on any atom is -0.453 e. The van der Waals surface area contributed by atoms with E-state index in [1.54, 1.807) is 39.0 Å². The normalized spacial score (nSPS) is 11.7. The number of esters is 1. The number of anilines is 1. The molecule has 0 spiro atoms. The minimum atomic E-state index is -0.984. The fourth-order valence-electron chi connectivity index (χ4n) is 1.96. The summed E-state index contributed by atoms with van der Waals surface area (Å²) in [4.78, 5) is 35.3. The Kier molecular flexibility index (Phi) is 8.27. The van der Waals surface area contributed by atoms with E-state index in [0.29, 0.717) is 17.7 Å². The molecule has 1 atom stereocenters. The molecule has 0 aliphatic heterocycles. The molecule has 0 aliphatic carbocycles. The third-order valence-corrected chi connectivity index (χ3v) is 3.16. The standard InChI is InChI=1S/C19H25N3O5/c1-13(17(24)22-15-8-5-7-14(11-15)12-20)26-16(23)9-6-10-21-18(25)27-19(2,3)4/h5,7-8,11,13H,6,9-10H2,1-4H3,(H,21,25)(H,22,24)/t13-/m1/s1. The number of rotatable bonds is 7. The molecule has 8 nitrogen and oxygen atoms in total. The summed E-state index contributed by atoms with van der Waals surface area (Å²) in [6, 6.07) is 8.39. The Balaban J connectivity index is 2.32. The number of hydrogen-bond donors (Lipinski definition) is 2. The van der Waals surface area contributed by atoms with E-state index < -0.39 is 29.7 Å². The molecule has 0 aromatic heterocycles. The predicted octanol–water partition coefficient (Wildman–Crippen LogP) is 2.73. The van der Waals surface area contributed by atoms with Crippen molar-refractivity contribution >= 4 is 23.7 Å². The Hall–Kier alpha value is -3.08. The van der Waals surface area contributed by atoms with Crippen LogP contribution in [-0.2, 0) is 19.1 Å². The number of nitrogens with one attached hydrogen (secondary N) is 2. The number of hydrogen-bond acceptors (Lipinski definition) is 6. The van der Waals surface area contributed by atoms with Gasteiger partial charge in [-0.1, -0.05) is 6.07 Å². The van der Waals surface area contributed by atoms with Gasteiger partial charge in [-0.3, -0.25) is 9.59 Å². The van der Waals surface area contributed by atoms with Gasteiger partial charge in [-0.15, -0.1) is 0 Å². The molecule has 1 aromatic rings. The Morgan fingerprint density at radius 3 is 2.59 bits per heavy atom. The second-order valence-electron chi connectivity index (χ2n) is 6.85. The maximum atomic E-state index is 12.1. The first-order chi connectivity index (χ1) is 12.6. The number of alkyl carbamates (subject to hydrolysis) is 1. The van der Waals surface area contributed by atoms with E-state index in [2.05, 4.69) is 10.6 Å². The number of ether oxygens (including phenoxy) is 2. The first-order valence-corrected chi connectivity index (χ1v) is 8.58. The second-order valence-corrected chi connectivity index (χ2v) is 6.85. The number of nitriles is 1. The molecule has 0 unspecified atom stereocenters. The van der Waals surface area contributed by atoms with Crippen LogP contribution < -0.4 is 10.6 Å². The van der Waals surface area contributed by atoms with Gasteiger partial charge in [0, 0.05) is 18.7 Å². The largest absolute Gasteiger partial charge is 0.453 e. The number of carbonyl (C=O) groups excluding carboxylic acids is 3. The van der Waals surface area contributed by atoms with Crippen LogP contribution in [-0.4, -0.2) is 36.2 Å². The van der Waals surface area contributed by atoms with Crippen molar-refractivity contribution in [3.63, 3.8) is 0 Å². The van der Waals surface area contributed by atoms with E-state index >= 15 is 0 Å². The lowest BCUT2D eigenvalue weighted by Gasteiger charge is -2.19. The molecule has 0 saturated heterocycles. The van der Waals surface area contributed by atoms with Gasteiger partial charge in [0.1, 0.15) is 5.60 Å². The third-order valence-electron chi connectivity index (χ3n) is 3.16. The molecule has 0 saturated carbocycles. The molecule has 27 heavy (non-hydrogen) atoms. The zero-order valence-corrected chi connectivity index (χ0v) is 16.0. The first-order valence-electron chi connectivity index (χ1n) is 8.58. The van der Waals surface area contributed by atoms with Gasteiger partial charge in [0.15, 0.2) is 6.10 Å². The highest BCUT2D eigenvalue weighted by Crippen LogP contribution is 2.11. The number of amides is 2. The molecule has 0 bridgehead atoms. The van der Waals surface area contributed by atoms with E-state index in [1.165, 1.54) is 13.0 Å². The zero-order chi connectivity index (χ0) is 20.4. The van der Waals surface area contributed by atoms with E-state index in [-0.39, 0.29) is 13.0 Å². The van der Waals surface area contributed by atoms with Gasteiger partial charge < -0.3 is 20.1 Å². The van der Waals surface area contributed by atoms with Crippen LogP contribution in [0.15, 0.2) is 24.3 Å². The fraction of sp³-hybridized carbons (Fsp3) is 0.474. The van der Waals surface area contributed by atoms with E-state index in [0.717, 1.165) is 0 Å². The van der Waals surface area contributed by atoms with E-state index in [4.69, 9.17) is 14.7 Å². The van der Waals surface area contributed by atoms with E-state index in [9.17, 15) is 14.4 Å². The summed E-state index contributed by atoms with van der Waals surface area (Å²) in [5, 5.41) is 14.0. The van der Waals surface area contributed by atoms with Gasteiger partial charge in [-0.2, -0.15) is 5.26 Å². The van der Waals surface area contributed by atoms with Crippen molar-refractivity contribution in [3.05, 3.63) is 29.8 Å². The maximum absolute atomic E-state index is 12.1. The highest BCUT2D eigenvalue weighted by atomic mass is 16.6. The van der Waals surface area contributed by atoms with Gasteiger partial charge in [0.2, 0.25) is 0 Å². The monoisotopic (exact) mass is 375 g/mol. The van der Waals surface area contributed by atoms with Gasteiger partial charge in [0.25, 0.3) is 5.91 Å². The van der Waals surface area contributed by atoms with E-state index in [1.807, 2.05) is 6.07 Å². The maximum Gasteiger partial charge on any atom is 0.407 e. The van der Waals surface area contributed by atoms with Crippen molar-refractivity contribution in [3.8, 4) is 6.07 Å². The van der Waals surface area contributed by atoms with Gasteiger partial charge >= 0.3 is 12.1 Å². The quantitative estimate of drug-likeness (QED) is 0.559. The number of carbonyl (C=O) groups is 3. The van der Waals surface area contributed by atoms with Gasteiger partial charge in [-0.05, 0) is 52.3 Å². The molecule has 0 heterocycles. The Bertz CT molecular complexity index is 719. The Morgan fingerprint density at radius 1 is 1.26 bits per heavy atom. The lowest BCUT2D eigenvalue weighted by molar-refractivity contribution is -0.153. The molecule has 8 heteroatoms. The summed E-state index contributed by atoms with van der Waals surface area (Å²) in [7, 11) is 0. The Morgan fingerprint density at radius 2 is 1.96 bits per heavy atom. The second kappa shape index (κ2) is 10.2. The lowest BCUT2D eigenvalue weighted by atomic mass is 10.2. The first kappa shape index (κ1) is 22.0. The molecule has 1 rings (SSSR count). The highest BCUT2D eigenvalue weighted by molar-refractivity contribution is 5.95. The van der Waals surface area contributed by atoms with Crippen LogP contribution in [0.2, 0.25) is 0 Å². The number of benzene rings is 1. The van der Waals surface area contributed by atoms with Gasteiger partial charge in [0.05, 0.1) is 11.6 Å². The van der Waals surface area contributed by atoms with Crippen molar-refractivity contribution < 1.29 is 23.9 Å². The zero-order valence-electron chi connectivity index (χ0n) is 16.0. The predicted molar refractivity (Wildman–Crippen MR) is 98.8 cm³/mol. The summed E-state index contributed by atoms with van der Waals surface area (Å²) in [6.45, 7) is 6.98. The Labute approximate surface area is 158 Å². The van der Waals surface area contributed by atoms with Crippen molar-refractivity contribution in [1.82, 2.24) is 5.32 Å². The summed E-state index contributed by atoms with van der Waals surface area (Å²) in [5.41, 5.74) is 0.275. The van der Waals surface area contributed by atoms with Crippen LogP contribution in [0.1, 0.15) is 46.1 Å². The summed E-state index contributed by atoms with van der Waals surface area (Å²) in [5.74, 6) is -1.04. The summed E-state index contributed by atoms with van der Waals surface area (Å²) in [6.07, 6.45) is -1.13. The highest BCUT2D eigenvalue weighted by Gasteiger charge is 2.18. The van der Waals surface area contributed by atoms with Crippen LogP contribution in [0.5, 0.6) is 0 Å². The van der Waals surface area contributed by atoms with Crippen molar-refractivity contribution in [1.29, 1.82) is 5.26 Å². The fourth-order valence-corrected chi connectivity index (χ4v) is 1.96. The topological polar surface area (TPSA) is 118 Å². The summed E-state index contributed by atoms with van der Waals surface area (Å²) >= 11 is 0. The average Bonchev–Trinajstić information content (AvgIpc) is 2.57. The molecule has 0 radical (unpaired) electrons. The average molecular weight is 375 g/mol. The minimum absolute atomic E-state index is 0.0529. The van der Waals surface area contributed by atoms with Crippen LogP contribution in [0.4, 0.5) is 10.5 Å². The van der Waals surface area contributed by atoms with Crippen LogP contribution in [0.3, 0.4) is 0 Å². The van der Waals surface area contributed by atoms with Crippen molar-refractivity contribution in [2.75, 3.05) is 11.9 Å². The molecule has 2 N–H and O–H groups in total. The molecule has 0 aliphatic rings. The summed E-state index contributed by atoms with van der Waals surface area (Å²) < 4.78 is 10.1. The van der Waals surface area contributed by atoms with Gasteiger partial charge in [-0.25, -0.2) is 4.79 Å². The smallest absolute Gasteiger partial charge is 0.407 e. The molecule has 2 amide bonds. The molecular formula is C19H25N3O5. The van der Waals surface area contributed by atoms with Crippen LogP contribution in [0, 0.1) is 11.3 Å². The molecular weight excluding hydrogens is 350 g/mol.